The van der Waals surface area contributed by atoms with Gasteiger partial charge in [-0.1, -0.05) is 44.9 Å². The molecular formula is C26H35IO3S. The molecule has 0 aromatic heterocycles. The number of benzene rings is 1. The average molecular weight is 555 g/mol. The zero-order valence-corrected chi connectivity index (χ0v) is 22.0. The van der Waals surface area contributed by atoms with Gasteiger partial charge in [-0.15, -0.1) is 6.58 Å². The molecule has 3 nitrogen and oxygen atoms in total. The van der Waals surface area contributed by atoms with Crippen LogP contribution in [0.25, 0.3) is 0 Å². The van der Waals surface area contributed by atoms with Gasteiger partial charge < -0.3 is 0 Å². The van der Waals surface area contributed by atoms with E-state index in [1.54, 1.807) is 17.7 Å². The fraction of sp³-hybridized carbons (Fsp3) is 0.615. The fourth-order valence-corrected chi connectivity index (χ4v) is 8.19. The Morgan fingerprint density at radius 2 is 1.87 bits per heavy atom. The fourth-order valence-electron chi connectivity index (χ4n) is 6.80. The van der Waals surface area contributed by atoms with Gasteiger partial charge in [-0.05, 0) is 113 Å². The Balaban J connectivity index is 1.56. The van der Waals surface area contributed by atoms with Gasteiger partial charge in [0.2, 0.25) is 0 Å². The smallest absolute Gasteiger partial charge is 0.266 e. The summed E-state index contributed by atoms with van der Waals surface area (Å²) in [5, 5.41) is 0. The number of halogens is 1. The molecule has 0 saturated heterocycles. The molecule has 2 fully saturated rings. The molecule has 0 aliphatic heterocycles. The van der Waals surface area contributed by atoms with E-state index in [9.17, 15) is 8.42 Å². The summed E-state index contributed by atoms with van der Waals surface area (Å²) < 4.78 is 32.4. The van der Waals surface area contributed by atoms with E-state index in [1.807, 2.05) is 12.1 Å². The molecule has 0 unspecified atom stereocenters. The molecule has 170 valence electrons. The van der Waals surface area contributed by atoms with Gasteiger partial charge in [-0.2, -0.15) is 8.42 Å². The third kappa shape index (κ3) is 4.31. The quantitative estimate of drug-likeness (QED) is 0.221. The first-order chi connectivity index (χ1) is 14.5. The number of hydrogen-bond acceptors (Lipinski definition) is 3. The third-order valence-electron chi connectivity index (χ3n) is 8.60. The number of fused-ring (bicyclic) bond motifs is 3. The zero-order valence-electron chi connectivity index (χ0n) is 19.0. The van der Waals surface area contributed by atoms with Crippen LogP contribution in [0.1, 0.15) is 65.7 Å². The highest BCUT2D eigenvalue weighted by Gasteiger charge is 2.55. The minimum atomic E-state index is -3.74. The first-order valence-electron chi connectivity index (χ1n) is 11.5. The summed E-state index contributed by atoms with van der Waals surface area (Å²) in [6.07, 6.45) is 12.6. The van der Waals surface area contributed by atoms with Crippen LogP contribution >= 0.6 is 22.6 Å². The second-order valence-corrected chi connectivity index (χ2v) is 13.7. The van der Waals surface area contributed by atoms with Crippen molar-refractivity contribution in [2.24, 2.45) is 28.1 Å². The van der Waals surface area contributed by atoms with Gasteiger partial charge >= 0.3 is 0 Å². The molecule has 0 spiro atoms. The van der Waals surface area contributed by atoms with E-state index in [-0.39, 0.29) is 27.7 Å². The Morgan fingerprint density at radius 1 is 1.16 bits per heavy atom. The van der Waals surface area contributed by atoms with Gasteiger partial charge in [-0.3, -0.25) is 4.18 Å². The second-order valence-electron chi connectivity index (χ2n) is 10.8. The first-order valence-corrected chi connectivity index (χ1v) is 14.0. The van der Waals surface area contributed by atoms with Crippen LogP contribution in [0.4, 0.5) is 0 Å². The van der Waals surface area contributed by atoms with Crippen molar-refractivity contribution >= 4 is 32.7 Å². The van der Waals surface area contributed by atoms with Gasteiger partial charge in [0.05, 0.1) is 11.5 Å². The standard InChI is InChI=1S/C26H35IO3S/c1-5-24(2)16-13-22-19(17-24)7-12-23-25(3,14-6-15-26(22,23)4)18-30-31(28,29)21-10-8-20(27)9-11-21/h5,8-11,13,19,23H,1,6-7,12,14-18H2,2-4H3/t19-,23+,24-,25-,26-/m0/s1. The highest BCUT2D eigenvalue weighted by atomic mass is 127. The van der Waals surface area contributed by atoms with Crippen LogP contribution in [0, 0.1) is 31.7 Å². The minimum absolute atomic E-state index is 0.131. The van der Waals surface area contributed by atoms with Crippen LogP contribution in [-0.2, 0) is 14.3 Å². The maximum Gasteiger partial charge on any atom is 0.296 e. The molecule has 0 N–H and O–H groups in total. The Hall–Kier alpha value is -0.660. The summed E-state index contributed by atoms with van der Waals surface area (Å²) in [4.78, 5) is 0.248. The number of rotatable bonds is 5. The van der Waals surface area contributed by atoms with Crippen molar-refractivity contribution in [2.45, 2.75) is 70.6 Å². The SMILES string of the molecule is C=C[C@@]1(C)CC=C2[C@@H](CC[C@@H]3[C@](C)(COS(=O)(=O)c4ccc(I)cc4)CCC[C@@]23C)C1. The zero-order chi connectivity index (χ0) is 22.5. The molecule has 3 aliphatic rings. The molecule has 1 aromatic carbocycles. The molecule has 0 bridgehead atoms. The molecule has 2 saturated carbocycles. The Bertz CT molecular complexity index is 982. The molecule has 1 aromatic rings. The van der Waals surface area contributed by atoms with Gasteiger partial charge in [-0.25, -0.2) is 0 Å². The van der Waals surface area contributed by atoms with Crippen LogP contribution in [-0.4, -0.2) is 15.0 Å². The molecule has 4 rings (SSSR count). The highest BCUT2D eigenvalue weighted by molar-refractivity contribution is 14.1. The van der Waals surface area contributed by atoms with Gasteiger partial charge in [0.15, 0.2) is 0 Å². The maximum absolute atomic E-state index is 12.9. The van der Waals surface area contributed by atoms with Crippen molar-refractivity contribution in [3.8, 4) is 0 Å². The van der Waals surface area contributed by atoms with Crippen molar-refractivity contribution in [3.05, 3.63) is 52.1 Å². The van der Waals surface area contributed by atoms with Crippen molar-refractivity contribution in [3.63, 3.8) is 0 Å². The van der Waals surface area contributed by atoms with E-state index in [0.29, 0.717) is 11.8 Å². The summed E-state index contributed by atoms with van der Waals surface area (Å²) in [6.45, 7) is 11.4. The normalized spacial score (nSPS) is 38.0. The van der Waals surface area contributed by atoms with E-state index in [2.05, 4.69) is 62.1 Å². The lowest BCUT2D eigenvalue weighted by atomic mass is 9.46. The highest BCUT2D eigenvalue weighted by Crippen LogP contribution is 2.63. The second kappa shape index (κ2) is 8.28. The van der Waals surface area contributed by atoms with Crippen LogP contribution in [0.15, 0.2) is 53.5 Å². The molecule has 3 aliphatic carbocycles. The van der Waals surface area contributed by atoms with Crippen molar-refractivity contribution in [2.75, 3.05) is 6.61 Å². The minimum Gasteiger partial charge on any atom is -0.266 e. The molecule has 5 heteroatoms. The molecule has 31 heavy (non-hydrogen) atoms. The van der Waals surface area contributed by atoms with E-state index in [0.717, 1.165) is 29.3 Å². The lowest BCUT2D eigenvalue weighted by Crippen LogP contribution is -2.51. The van der Waals surface area contributed by atoms with Gasteiger partial charge in [0.25, 0.3) is 10.1 Å². The summed E-state index contributed by atoms with van der Waals surface area (Å²) in [5.74, 6) is 1.09. The summed E-state index contributed by atoms with van der Waals surface area (Å²) in [7, 11) is -3.74. The van der Waals surface area contributed by atoms with Crippen molar-refractivity contribution < 1.29 is 12.6 Å². The third-order valence-corrected chi connectivity index (χ3v) is 10.6. The average Bonchev–Trinajstić information content (AvgIpc) is 2.72. The first kappa shape index (κ1) is 23.5. The van der Waals surface area contributed by atoms with Crippen LogP contribution in [0.2, 0.25) is 0 Å². The summed E-state index contributed by atoms with van der Waals surface area (Å²) >= 11 is 2.18. The van der Waals surface area contributed by atoms with E-state index >= 15 is 0 Å². The number of allylic oxidation sites excluding steroid dienone is 3. The Kier molecular flexibility index (Phi) is 6.28. The number of hydrogen-bond donors (Lipinski definition) is 0. The monoisotopic (exact) mass is 554 g/mol. The summed E-state index contributed by atoms with van der Waals surface area (Å²) in [5.41, 5.74) is 1.86. The van der Waals surface area contributed by atoms with Crippen molar-refractivity contribution in [1.29, 1.82) is 0 Å². The van der Waals surface area contributed by atoms with E-state index in [1.165, 1.54) is 19.3 Å². The molecule has 0 heterocycles. The molecular weight excluding hydrogens is 519 g/mol. The lowest BCUT2D eigenvalue weighted by molar-refractivity contribution is -0.0490. The summed E-state index contributed by atoms with van der Waals surface area (Å²) in [6, 6.07) is 6.90. The molecule has 0 amide bonds. The Morgan fingerprint density at radius 3 is 2.55 bits per heavy atom. The van der Waals surface area contributed by atoms with Gasteiger partial charge in [0.1, 0.15) is 0 Å². The Labute approximate surface area is 202 Å². The predicted molar refractivity (Wildman–Crippen MR) is 134 cm³/mol. The van der Waals surface area contributed by atoms with E-state index in [4.69, 9.17) is 4.18 Å². The maximum atomic E-state index is 12.9. The lowest BCUT2D eigenvalue weighted by Gasteiger charge is -2.59. The molecule has 5 atom stereocenters. The topological polar surface area (TPSA) is 43.4 Å². The van der Waals surface area contributed by atoms with Crippen LogP contribution in [0.3, 0.4) is 0 Å². The largest absolute Gasteiger partial charge is 0.296 e. The van der Waals surface area contributed by atoms with Crippen LogP contribution < -0.4 is 0 Å². The predicted octanol–water partition coefficient (Wildman–Crippen LogP) is 7.13. The van der Waals surface area contributed by atoms with Crippen LogP contribution in [0.5, 0.6) is 0 Å². The van der Waals surface area contributed by atoms with Crippen molar-refractivity contribution in [1.82, 2.24) is 0 Å². The molecule has 0 radical (unpaired) electrons. The van der Waals surface area contributed by atoms with Gasteiger partial charge in [0, 0.05) is 3.57 Å². The van der Waals surface area contributed by atoms with E-state index < -0.39 is 10.1 Å².